The fourth-order valence-corrected chi connectivity index (χ4v) is 5.94. The third-order valence-corrected chi connectivity index (χ3v) is 6.53. The van der Waals surface area contributed by atoms with Gasteiger partial charge in [0, 0.05) is 12.1 Å². The maximum Gasteiger partial charge on any atom is 0.0659 e. The zero-order valence-corrected chi connectivity index (χ0v) is 14.1. The first-order valence-electron chi connectivity index (χ1n) is 8.93. The molecule has 0 aromatic rings. The summed E-state index contributed by atoms with van der Waals surface area (Å²) < 4.78 is 0. The van der Waals surface area contributed by atoms with Gasteiger partial charge < -0.3 is 10.4 Å². The van der Waals surface area contributed by atoms with E-state index >= 15 is 0 Å². The summed E-state index contributed by atoms with van der Waals surface area (Å²) in [6.45, 7) is 10.8. The van der Waals surface area contributed by atoms with Crippen LogP contribution in [0.25, 0.3) is 0 Å². The first kappa shape index (κ1) is 15.6. The summed E-state index contributed by atoms with van der Waals surface area (Å²) in [6, 6.07) is 1.06. The first-order chi connectivity index (χ1) is 9.80. The van der Waals surface area contributed by atoms with Gasteiger partial charge in [0.25, 0.3) is 0 Å². The quantitative estimate of drug-likeness (QED) is 0.724. The first-order valence-corrected chi connectivity index (χ1v) is 8.93. The number of hydrogen-bond acceptors (Lipinski definition) is 2. The number of hydrogen-bond donors (Lipinski definition) is 2. The monoisotopic (exact) mass is 291 g/mol. The molecule has 0 heterocycles. The Labute approximate surface area is 130 Å². The van der Waals surface area contributed by atoms with Gasteiger partial charge in [-0.1, -0.05) is 5.57 Å². The molecule has 2 heteroatoms. The average molecular weight is 291 g/mol. The number of aliphatic hydroxyl groups is 1. The van der Waals surface area contributed by atoms with Crippen LogP contribution >= 0.6 is 0 Å². The number of rotatable bonds is 6. The van der Waals surface area contributed by atoms with Crippen molar-refractivity contribution in [3.05, 3.63) is 12.2 Å². The van der Waals surface area contributed by atoms with Crippen molar-refractivity contribution in [2.24, 2.45) is 17.3 Å². The molecule has 0 spiro atoms. The van der Waals surface area contributed by atoms with Crippen LogP contribution in [0.5, 0.6) is 0 Å². The van der Waals surface area contributed by atoms with Gasteiger partial charge in [0.15, 0.2) is 0 Å². The van der Waals surface area contributed by atoms with E-state index < -0.39 is 0 Å². The molecule has 0 aromatic carbocycles. The molecule has 120 valence electrons. The van der Waals surface area contributed by atoms with Crippen LogP contribution in [0.1, 0.15) is 72.1 Å². The van der Waals surface area contributed by atoms with Crippen LogP contribution in [-0.4, -0.2) is 22.8 Å². The molecule has 0 radical (unpaired) electrons. The highest BCUT2D eigenvalue weighted by molar-refractivity contribution is 5.11. The van der Waals surface area contributed by atoms with Gasteiger partial charge in [0.2, 0.25) is 0 Å². The second-order valence-electron chi connectivity index (χ2n) is 8.83. The van der Waals surface area contributed by atoms with Crippen LogP contribution in [-0.2, 0) is 0 Å². The molecule has 4 fully saturated rings. The van der Waals surface area contributed by atoms with E-state index in [4.69, 9.17) is 0 Å². The van der Waals surface area contributed by atoms with E-state index in [1.54, 1.807) is 0 Å². The van der Waals surface area contributed by atoms with E-state index in [-0.39, 0.29) is 5.60 Å². The van der Waals surface area contributed by atoms with Crippen molar-refractivity contribution in [3.8, 4) is 0 Å². The van der Waals surface area contributed by atoms with E-state index in [1.807, 2.05) is 0 Å². The third kappa shape index (κ3) is 3.07. The molecule has 4 aliphatic carbocycles. The van der Waals surface area contributed by atoms with E-state index in [0.717, 1.165) is 37.5 Å². The molecular formula is C19H33NO. The summed E-state index contributed by atoms with van der Waals surface area (Å²) in [4.78, 5) is 0. The maximum absolute atomic E-state index is 10.9. The standard InChI is InChI=1S/C19H33NO/c1-13(2)5-6-14(3)20-15(4)18-8-16-7-17(9-18)11-19(21,10-16)12-18/h14-17,20-21H,1,5-12H2,2-4H3/t14-,15-,16-,17-,18?,19?/m1/s1. The molecule has 2 N–H and O–H groups in total. The summed E-state index contributed by atoms with van der Waals surface area (Å²) in [5, 5.41) is 14.7. The van der Waals surface area contributed by atoms with Gasteiger partial charge in [-0.15, -0.1) is 6.58 Å². The zero-order valence-electron chi connectivity index (χ0n) is 14.1. The van der Waals surface area contributed by atoms with Gasteiger partial charge in [0.1, 0.15) is 0 Å². The smallest absolute Gasteiger partial charge is 0.0659 e. The van der Waals surface area contributed by atoms with Gasteiger partial charge in [-0.25, -0.2) is 0 Å². The molecular weight excluding hydrogens is 258 g/mol. The Morgan fingerprint density at radius 3 is 2.38 bits per heavy atom. The minimum Gasteiger partial charge on any atom is -0.390 e. The van der Waals surface area contributed by atoms with Crippen molar-refractivity contribution in [1.82, 2.24) is 5.32 Å². The van der Waals surface area contributed by atoms with Gasteiger partial charge >= 0.3 is 0 Å². The topological polar surface area (TPSA) is 32.3 Å². The van der Waals surface area contributed by atoms with E-state index in [2.05, 4.69) is 32.7 Å². The molecule has 0 amide bonds. The summed E-state index contributed by atoms with van der Waals surface area (Å²) in [6.07, 6.45) is 9.53. The molecule has 4 rings (SSSR count). The van der Waals surface area contributed by atoms with Gasteiger partial charge in [-0.05, 0) is 89.4 Å². The highest BCUT2D eigenvalue weighted by Gasteiger charge is 2.58. The minimum absolute atomic E-state index is 0.332. The molecule has 2 nitrogen and oxygen atoms in total. The molecule has 0 aliphatic heterocycles. The van der Waals surface area contributed by atoms with Crippen molar-refractivity contribution in [2.75, 3.05) is 0 Å². The van der Waals surface area contributed by atoms with E-state index in [9.17, 15) is 5.11 Å². The fourth-order valence-electron chi connectivity index (χ4n) is 5.94. The Morgan fingerprint density at radius 2 is 1.86 bits per heavy atom. The lowest BCUT2D eigenvalue weighted by molar-refractivity contribution is -0.172. The largest absolute Gasteiger partial charge is 0.390 e. The molecule has 0 unspecified atom stereocenters. The highest BCUT2D eigenvalue weighted by atomic mass is 16.3. The lowest BCUT2D eigenvalue weighted by Gasteiger charge is -2.62. The van der Waals surface area contributed by atoms with Crippen LogP contribution < -0.4 is 5.32 Å². The van der Waals surface area contributed by atoms with Gasteiger partial charge in [-0.3, -0.25) is 0 Å². The summed E-state index contributed by atoms with van der Waals surface area (Å²) in [5.41, 5.74) is 1.30. The maximum atomic E-state index is 10.9. The van der Waals surface area contributed by atoms with Crippen LogP contribution in [0.2, 0.25) is 0 Å². The Balaban J connectivity index is 1.64. The Kier molecular flexibility index (Phi) is 3.99. The van der Waals surface area contributed by atoms with Crippen LogP contribution in [0.4, 0.5) is 0 Å². The molecule has 4 bridgehead atoms. The average Bonchev–Trinajstić information content (AvgIpc) is 2.33. The van der Waals surface area contributed by atoms with Crippen LogP contribution in [0, 0.1) is 17.3 Å². The fraction of sp³-hybridized carbons (Fsp3) is 0.895. The second-order valence-corrected chi connectivity index (χ2v) is 8.83. The highest BCUT2D eigenvalue weighted by Crippen LogP contribution is 2.62. The molecule has 4 atom stereocenters. The minimum atomic E-state index is -0.332. The summed E-state index contributed by atoms with van der Waals surface area (Å²) in [5.74, 6) is 1.57. The normalized spacial score (nSPS) is 43.8. The van der Waals surface area contributed by atoms with Gasteiger partial charge in [-0.2, -0.15) is 0 Å². The van der Waals surface area contributed by atoms with E-state index in [0.29, 0.717) is 17.5 Å². The Morgan fingerprint density at radius 1 is 1.24 bits per heavy atom. The third-order valence-electron chi connectivity index (χ3n) is 6.53. The van der Waals surface area contributed by atoms with Crippen molar-refractivity contribution < 1.29 is 5.11 Å². The van der Waals surface area contributed by atoms with Crippen molar-refractivity contribution in [3.63, 3.8) is 0 Å². The van der Waals surface area contributed by atoms with Crippen LogP contribution in [0.15, 0.2) is 12.2 Å². The zero-order chi connectivity index (χ0) is 15.3. The van der Waals surface area contributed by atoms with Crippen molar-refractivity contribution in [1.29, 1.82) is 0 Å². The number of allylic oxidation sites excluding steroid dienone is 1. The number of nitrogens with one attached hydrogen (secondary N) is 1. The Hall–Kier alpha value is -0.340. The lowest BCUT2D eigenvalue weighted by Crippen LogP contribution is -2.61. The second kappa shape index (κ2) is 5.38. The van der Waals surface area contributed by atoms with Crippen molar-refractivity contribution in [2.45, 2.75) is 89.8 Å². The SMILES string of the molecule is C=C(C)CC[C@@H](C)N[C@H](C)C12C[C@H]3C[C@@H](CC(O)(C3)C1)C2. The molecule has 0 aromatic heterocycles. The van der Waals surface area contributed by atoms with Crippen LogP contribution in [0.3, 0.4) is 0 Å². The Bertz CT molecular complexity index is 402. The van der Waals surface area contributed by atoms with Crippen molar-refractivity contribution >= 4 is 0 Å². The predicted molar refractivity (Wildman–Crippen MR) is 88.2 cm³/mol. The summed E-state index contributed by atoms with van der Waals surface area (Å²) >= 11 is 0. The molecule has 0 saturated heterocycles. The molecule has 4 saturated carbocycles. The predicted octanol–water partition coefficient (Wildman–Crippen LogP) is 4.04. The van der Waals surface area contributed by atoms with Gasteiger partial charge in [0.05, 0.1) is 5.60 Å². The lowest BCUT2D eigenvalue weighted by atomic mass is 9.46. The summed E-state index contributed by atoms with van der Waals surface area (Å²) in [7, 11) is 0. The molecule has 4 aliphatic rings. The van der Waals surface area contributed by atoms with E-state index in [1.165, 1.54) is 31.3 Å². The molecule has 21 heavy (non-hydrogen) atoms.